The number of terminal acetylenes is 1. The summed E-state index contributed by atoms with van der Waals surface area (Å²) in [6.07, 6.45) is 10.4. The van der Waals surface area contributed by atoms with Gasteiger partial charge in [-0.2, -0.15) is 5.10 Å². The number of hydrogen-bond donors (Lipinski definition) is 1. The Labute approximate surface area is 191 Å². The molecule has 0 aliphatic carbocycles. The van der Waals surface area contributed by atoms with E-state index in [9.17, 15) is 13.2 Å². The van der Waals surface area contributed by atoms with E-state index in [0.717, 1.165) is 6.26 Å². The van der Waals surface area contributed by atoms with Crippen molar-refractivity contribution in [3.05, 3.63) is 35.6 Å². The number of fused-ring (bicyclic) bond motifs is 1. The van der Waals surface area contributed by atoms with Crippen molar-refractivity contribution in [3.8, 4) is 24.1 Å². The number of benzene rings is 1. The Morgan fingerprint density at radius 3 is 2.59 bits per heavy atom. The second-order valence-electron chi connectivity index (χ2n) is 7.55. The van der Waals surface area contributed by atoms with Gasteiger partial charge in [0.25, 0.3) is 5.91 Å². The average molecular weight is 476 g/mol. The first-order chi connectivity index (χ1) is 15.0. The number of carbonyl (C=O) groups excluding carboxylic acids is 1. The van der Waals surface area contributed by atoms with Crippen LogP contribution in [0.4, 0.5) is 11.5 Å². The minimum Gasteiger partial charge on any atom is -0.382 e. The molecule has 1 amide bonds. The largest absolute Gasteiger partial charge is 0.382 e. The van der Waals surface area contributed by atoms with Crippen molar-refractivity contribution < 1.29 is 17.9 Å². The zero-order chi connectivity index (χ0) is 23.8. The molecular weight excluding hydrogens is 454 g/mol. The van der Waals surface area contributed by atoms with E-state index in [-0.39, 0.29) is 35.5 Å². The second kappa shape index (κ2) is 8.43. The van der Waals surface area contributed by atoms with Gasteiger partial charge in [0, 0.05) is 18.4 Å². The summed E-state index contributed by atoms with van der Waals surface area (Å²) in [5, 5.41) is 4.57. The molecule has 3 aromatic rings. The maximum atomic E-state index is 13.0. The molecule has 11 heteroatoms. The number of carbonyl (C=O) groups is 1. The second-order valence-corrected chi connectivity index (χ2v) is 9.94. The number of rotatable bonds is 3. The molecule has 4 rings (SSSR count). The van der Waals surface area contributed by atoms with Crippen LogP contribution in [0.2, 0.25) is 5.02 Å². The molecule has 0 radical (unpaired) electrons. The van der Waals surface area contributed by atoms with E-state index in [1.165, 1.54) is 21.8 Å². The Bertz CT molecular complexity index is 1330. The van der Waals surface area contributed by atoms with Gasteiger partial charge in [0.2, 0.25) is 0 Å². The summed E-state index contributed by atoms with van der Waals surface area (Å²) in [5.41, 5.74) is 6.80. The van der Waals surface area contributed by atoms with Crippen molar-refractivity contribution in [3.63, 3.8) is 0 Å². The number of halogens is 1. The lowest BCUT2D eigenvalue weighted by Crippen LogP contribution is -2.54. The SMILES string of the molecule is C#C.CC1(C)OCCN(c2cc(-c3cc(Cl)c4c(N)ncnn34)ccc2S(C)(=O)=O)C1=O. The summed E-state index contributed by atoms with van der Waals surface area (Å²) in [5.74, 6) is -0.0974. The van der Waals surface area contributed by atoms with Gasteiger partial charge < -0.3 is 15.4 Å². The molecule has 1 aliphatic heterocycles. The van der Waals surface area contributed by atoms with Crippen molar-refractivity contribution in [2.45, 2.75) is 24.3 Å². The fourth-order valence-corrected chi connectivity index (χ4v) is 4.68. The molecule has 3 heterocycles. The van der Waals surface area contributed by atoms with Crippen LogP contribution >= 0.6 is 11.6 Å². The molecule has 32 heavy (non-hydrogen) atoms. The maximum Gasteiger partial charge on any atom is 0.258 e. The number of nitrogens with zero attached hydrogens (tertiary/aromatic N) is 4. The maximum absolute atomic E-state index is 13.0. The molecule has 1 aromatic carbocycles. The van der Waals surface area contributed by atoms with Crippen LogP contribution < -0.4 is 10.6 Å². The molecule has 1 fully saturated rings. The first-order valence-electron chi connectivity index (χ1n) is 9.42. The number of anilines is 2. The van der Waals surface area contributed by atoms with Gasteiger partial charge in [-0.05, 0) is 32.0 Å². The lowest BCUT2D eigenvalue weighted by Gasteiger charge is -2.37. The predicted octanol–water partition coefficient (Wildman–Crippen LogP) is 2.43. The molecule has 2 N–H and O–H groups in total. The minimum atomic E-state index is -3.60. The first kappa shape index (κ1) is 23.5. The Hall–Kier alpha value is -3.13. The van der Waals surface area contributed by atoms with Crippen molar-refractivity contribution in [1.82, 2.24) is 14.6 Å². The van der Waals surface area contributed by atoms with Crippen molar-refractivity contribution in [2.24, 2.45) is 0 Å². The van der Waals surface area contributed by atoms with E-state index in [4.69, 9.17) is 22.1 Å². The number of amides is 1. The van der Waals surface area contributed by atoms with Gasteiger partial charge in [-0.3, -0.25) is 4.79 Å². The molecule has 0 bridgehead atoms. The molecule has 1 saturated heterocycles. The van der Waals surface area contributed by atoms with E-state index in [2.05, 4.69) is 22.9 Å². The van der Waals surface area contributed by atoms with Crippen LogP contribution in [0.3, 0.4) is 0 Å². The van der Waals surface area contributed by atoms with Gasteiger partial charge in [0.1, 0.15) is 17.4 Å². The first-order valence-corrected chi connectivity index (χ1v) is 11.7. The number of sulfone groups is 1. The summed E-state index contributed by atoms with van der Waals surface area (Å²) in [6, 6.07) is 6.44. The van der Waals surface area contributed by atoms with Crippen LogP contribution in [-0.4, -0.2) is 53.9 Å². The lowest BCUT2D eigenvalue weighted by molar-refractivity contribution is -0.144. The quantitative estimate of drug-likeness (QED) is 0.577. The van der Waals surface area contributed by atoms with E-state index in [0.29, 0.717) is 21.8 Å². The van der Waals surface area contributed by atoms with Crippen LogP contribution in [0.1, 0.15) is 13.8 Å². The number of hydrogen-bond acceptors (Lipinski definition) is 7. The molecule has 0 atom stereocenters. The van der Waals surface area contributed by atoms with Gasteiger partial charge in [-0.25, -0.2) is 17.9 Å². The molecule has 1 aliphatic rings. The summed E-state index contributed by atoms with van der Waals surface area (Å²) < 4.78 is 32.0. The highest BCUT2D eigenvalue weighted by atomic mass is 35.5. The minimum absolute atomic E-state index is 0.0541. The topological polar surface area (TPSA) is 120 Å². The van der Waals surface area contributed by atoms with Crippen molar-refractivity contribution in [2.75, 3.05) is 30.0 Å². The van der Waals surface area contributed by atoms with Gasteiger partial charge in [-0.15, -0.1) is 12.8 Å². The number of nitrogen functional groups attached to an aromatic ring is 1. The summed E-state index contributed by atoms with van der Waals surface area (Å²) >= 11 is 6.33. The smallest absolute Gasteiger partial charge is 0.258 e. The van der Waals surface area contributed by atoms with Crippen LogP contribution in [0.25, 0.3) is 16.8 Å². The normalized spacial score (nSPS) is 15.9. The van der Waals surface area contributed by atoms with Gasteiger partial charge >= 0.3 is 0 Å². The number of ether oxygens (including phenoxy) is 1. The van der Waals surface area contributed by atoms with Crippen molar-refractivity contribution in [1.29, 1.82) is 0 Å². The number of morpholine rings is 1. The Morgan fingerprint density at radius 2 is 1.94 bits per heavy atom. The monoisotopic (exact) mass is 475 g/mol. The lowest BCUT2D eigenvalue weighted by atomic mass is 10.0. The Balaban J connectivity index is 0.00000141. The van der Waals surface area contributed by atoms with Crippen LogP contribution in [0.5, 0.6) is 0 Å². The number of nitrogens with two attached hydrogens (primary N) is 1. The molecule has 0 saturated carbocycles. The van der Waals surface area contributed by atoms with Crippen LogP contribution in [-0.2, 0) is 19.4 Å². The molecule has 2 aromatic heterocycles. The Kier molecular flexibility index (Phi) is 6.20. The number of aromatic nitrogens is 3. The van der Waals surface area contributed by atoms with Crippen LogP contribution in [0.15, 0.2) is 35.5 Å². The zero-order valence-electron chi connectivity index (χ0n) is 17.7. The summed E-state index contributed by atoms with van der Waals surface area (Å²) in [6.45, 7) is 3.84. The predicted molar refractivity (Wildman–Crippen MR) is 123 cm³/mol. The van der Waals surface area contributed by atoms with Gasteiger partial charge in [0.05, 0.1) is 27.9 Å². The molecule has 168 valence electrons. The average Bonchev–Trinajstić information content (AvgIpc) is 3.08. The van der Waals surface area contributed by atoms with Crippen molar-refractivity contribution >= 4 is 44.4 Å². The molecule has 0 unspecified atom stereocenters. The standard InChI is InChI=1S/C19H20ClN5O4S.C2H2/c1-19(2)18(26)24(6-7-29-19)14-8-11(4-5-15(14)30(3,27)28)13-9-12(20)16-17(21)22-10-23-25(13)16;1-2/h4-5,8-10H,6-7H2,1-3H3,(H2,21,22,23);1-2H. The van der Waals surface area contributed by atoms with Gasteiger partial charge in [-0.1, -0.05) is 17.7 Å². The zero-order valence-corrected chi connectivity index (χ0v) is 19.3. The fraction of sp³-hybridized carbons (Fsp3) is 0.286. The fourth-order valence-electron chi connectivity index (χ4n) is 3.54. The van der Waals surface area contributed by atoms with E-state index >= 15 is 0 Å². The van der Waals surface area contributed by atoms with Crippen LogP contribution in [0, 0.1) is 12.8 Å². The van der Waals surface area contributed by atoms with E-state index < -0.39 is 15.4 Å². The molecular formula is C21H22ClN5O4S. The molecule has 0 spiro atoms. The Morgan fingerprint density at radius 1 is 1.25 bits per heavy atom. The highest BCUT2D eigenvalue weighted by molar-refractivity contribution is 7.90. The third-order valence-corrected chi connectivity index (χ3v) is 6.45. The van der Waals surface area contributed by atoms with E-state index in [1.54, 1.807) is 32.0 Å². The third-order valence-electron chi connectivity index (χ3n) is 5.02. The van der Waals surface area contributed by atoms with Gasteiger partial charge in [0.15, 0.2) is 15.7 Å². The summed E-state index contributed by atoms with van der Waals surface area (Å²) in [7, 11) is -3.60. The summed E-state index contributed by atoms with van der Waals surface area (Å²) in [4.78, 5) is 18.4. The molecule has 9 nitrogen and oxygen atoms in total. The third kappa shape index (κ3) is 4.02. The van der Waals surface area contributed by atoms with E-state index in [1.807, 2.05) is 0 Å². The highest BCUT2D eigenvalue weighted by Gasteiger charge is 2.39. The highest BCUT2D eigenvalue weighted by Crippen LogP contribution is 2.36.